The van der Waals surface area contributed by atoms with E-state index in [0.29, 0.717) is 60.3 Å². The molecule has 1 aromatic heterocycles. The maximum atomic E-state index is 15.0. The molecule has 16 nitrogen and oxygen atoms in total. The quantitative estimate of drug-likeness (QED) is 0.168. The number of carbonyl (C=O) groups is 5. The highest BCUT2D eigenvalue weighted by Crippen LogP contribution is 2.46. The summed E-state index contributed by atoms with van der Waals surface area (Å²) in [7, 11) is -2.38. The highest BCUT2D eigenvalue weighted by atomic mass is 32.2. The van der Waals surface area contributed by atoms with Crippen molar-refractivity contribution in [2.24, 2.45) is 17.3 Å². The van der Waals surface area contributed by atoms with Crippen molar-refractivity contribution in [1.29, 1.82) is 0 Å². The van der Waals surface area contributed by atoms with Crippen molar-refractivity contribution < 1.29 is 47.0 Å². The second-order valence-electron chi connectivity index (χ2n) is 17.7. The number of nitrogens with one attached hydrogen (secondary N) is 3. The first kappa shape index (κ1) is 43.4. The predicted octanol–water partition coefficient (Wildman–Crippen LogP) is 4.24. The largest absolute Gasteiger partial charge is 0.497 e. The van der Waals surface area contributed by atoms with Gasteiger partial charge in [-0.05, 0) is 49.7 Å². The Kier molecular flexibility index (Phi) is 12.1. The Morgan fingerprint density at radius 1 is 1.05 bits per heavy atom. The molecular weight excluding hydrogens is 805 g/mol. The number of pyridine rings is 1. The molecule has 0 bridgehead atoms. The van der Waals surface area contributed by atoms with Crippen molar-refractivity contribution in [3.63, 3.8) is 0 Å². The number of hydrogen-bond donors (Lipinski definition) is 4. The summed E-state index contributed by atoms with van der Waals surface area (Å²) in [5, 5.41) is 14.6. The van der Waals surface area contributed by atoms with Gasteiger partial charge in [-0.3, -0.25) is 23.9 Å². The third kappa shape index (κ3) is 9.46. The number of aromatic nitrogens is 1. The molecule has 61 heavy (non-hydrogen) atoms. The third-order valence-corrected chi connectivity index (χ3v) is 14.1. The number of carbonyl (C=O) groups excluding carboxylic acids is 4. The molecular formula is C44H54N6O10S. The SMILES string of the molecule is C=C[C@@H]1C[C@]1(NC(=O)[C@@H]1C[C@@H](Oc2cc(-c3ccccc3)nc3cc(OC)ccc23)CN1C(=O)[C@@H](CC(=O)N1CCC[C@H](NC(=O)O)C1)C(C)(C)C)C(=O)NS(=O)(=O)C1CC1. The summed E-state index contributed by atoms with van der Waals surface area (Å²) >= 11 is 0. The number of likely N-dealkylation sites (tertiary alicyclic amines) is 2. The number of ether oxygens (including phenoxy) is 2. The molecule has 3 aromatic rings. The van der Waals surface area contributed by atoms with Crippen LogP contribution in [0.3, 0.4) is 0 Å². The minimum atomic E-state index is -3.94. The molecule has 0 unspecified atom stereocenters. The Labute approximate surface area is 355 Å². The fraction of sp³-hybridized carbons (Fsp3) is 0.500. The van der Waals surface area contributed by atoms with Crippen LogP contribution < -0.4 is 24.8 Å². The van der Waals surface area contributed by atoms with Gasteiger partial charge in [-0.2, -0.15) is 0 Å². The zero-order valence-corrected chi connectivity index (χ0v) is 35.7. The first-order chi connectivity index (χ1) is 28.9. The van der Waals surface area contributed by atoms with Crippen LogP contribution in [0.4, 0.5) is 4.79 Å². The van der Waals surface area contributed by atoms with Crippen molar-refractivity contribution >= 4 is 50.6 Å². The van der Waals surface area contributed by atoms with Crippen molar-refractivity contribution in [2.75, 3.05) is 26.7 Å². The van der Waals surface area contributed by atoms with Crippen molar-refractivity contribution in [3.8, 4) is 22.8 Å². The average molecular weight is 859 g/mol. The lowest BCUT2D eigenvalue weighted by Crippen LogP contribution is -2.57. The lowest BCUT2D eigenvalue weighted by Gasteiger charge is -2.37. The van der Waals surface area contributed by atoms with Gasteiger partial charge in [0.15, 0.2) is 0 Å². The molecule has 2 aliphatic heterocycles. The number of carboxylic acid groups (broad SMARTS) is 1. The van der Waals surface area contributed by atoms with Gasteiger partial charge in [-0.15, -0.1) is 6.58 Å². The molecule has 17 heteroatoms. The standard InChI is InChI=1S/C44H54N6O10S/c1-6-27-23-44(27,41(54)48-61(57,58)31-15-16-31)47-39(52)36-20-30(60-37-22-34(26-11-8-7-9-12-26)46-35-19-29(59-5)14-17-32(35)37)25-50(36)40(53)33(43(2,3)4)21-38(51)49-18-10-13-28(24-49)45-42(55)56/h6-9,11-12,14,17,19,22,27-28,30-31,33,36,45H,1,10,13,15-16,18,20-21,23-25H2,2-5H3,(H,47,52)(H,48,54)(H,55,56)/t27-,28+,30-,33-,36+,44-/m1/s1. The number of nitrogens with zero attached hydrogens (tertiary/aromatic N) is 3. The maximum Gasteiger partial charge on any atom is 0.404 e. The van der Waals surface area contributed by atoms with Gasteiger partial charge < -0.3 is 35.0 Å². The summed E-state index contributed by atoms with van der Waals surface area (Å²) in [4.78, 5) is 76.4. The number of fused-ring (bicyclic) bond motifs is 1. The Bertz CT molecular complexity index is 2330. The smallest absolute Gasteiger partial charge is 0.404 e. The molecule has 4 aliphatic rings. The molecule has 4 N–H and O–H groups in total. The van der Waals surface area contributed by atoms with E-state index >= 15 is 0 Å². The van der Waals surface area contributed by atoms with Crippen LogP contribution in [0.2, 0.25) is 0 Å². The lowest BCUT2D eigenvalue weighted by molar-refractivity contribution is -0.149. The van der Waals surface area contributed by atoms with E-state index in [9.17, 15) is 37.5 Å². The Morgan fingerprint density at radius 3 is 2.43 bits per heavy atom. The zero-order valence-electron chi connectivity index (χ0n) is 34.9. The summed E-state index contributed by atoms with van der Waals surface area (Å²) < 4.78 is 40.1. The monoisotopic (exact) mass is 858 g/mol. The lowest BCUT2D eigenvalue weighted by atomic mass is 9.77. The van der Waals surface area contributed by atoms with E-state index in [4.69, 9.17) is 14.5 Å². The van der Waals surface area contributed by atoms with E-state index in [0.717, 1.165) is 5.56 Å². The number of piperidine rings is 1. The van der Waals surface area contributed by atoms with E-state index in [1.54, 1.807) is 24.1 Å². The van der Waals surface area contributed by atoms with Crippen molar-refractivity contribution in [3.05, 3.63) is 67.3 Å². The number of amides is 5. The average Bonchev–Trinajstić information content (AvgIpc) is 4.15. The molecule has 5 amide bonds. The molecule has 0 spiro atoms. The maximum absolute atomic E-state index is 15.0. The van der Waals surface area contributed by atoms with Crippen LogP contribution in [0.15, 0.2) is 67.3 Å². The number of sulfonamides is 1. The third-order valence-electron chi connectivity index (χ3n) is 12.3. The Morgan fingerprint density at radius 2 is 1.79 bits per heavy atom. The van der Waals surface area contributed by atoms with Crippen LogP contribution in [0.25, 0.3) is 22.2 Å². The molecule has 326 valence electrons. The van der Waals surface area contributed by atoms with Gasteiger partial charge in [0.2, 0.25) is 27.7 Å². The predicted molar refractivity (Wildman–Crippen MR) is 226 cm³/mol. The second kappa shape index (κ2) is 17.0. The normalized spacial score (nSPS) is 24.3. The van der Waals surface area contributed by atoms with Crippen LogP contribution in [-0.2, 0) is 29.2 Å². The molecule has 2 aromatic carbocycles. The highest BCUT2D eigenvalue weighted by molar-refractivity contribution is 7.91. The first-order valence-corrected chi connectivity index (χ1v) is 22.3. The molecule has 0 radical (unpaired) electrons. The first-order valence-electron chi connectivity index (χ1n) is 20.7. The summed E-state index contributed by atoms with van der Waals surface area (Å²) in [5.41, 5.74) is -0.302. The highest BCUT2D eigenvalue weighted by Gasteiger charge is 2.62. The second-order valence-corrected chi connectivity index (χ2v) is 19.6. The Hall–Kier alpha value is -5.71. The van der Waals surface area contributed by atoms with Crippen LogP contribution >= 0.6 is 0 Å². The van der Waals surface area contributed by atoms with E-state index in [-0.39, 0.29) is 38.3 Å². The molecule has 2 aliphatic carbocycles. The van der Waals surface area contributed by atoms with E-state index in [2.05, 4.69) is 21.9 Å². The summed E-state index contributed by atoms with van der Waals surface area (Å²) in [6.07, 6.45) is 1.56. The summed E-state index contributed by atoms with van der Waals surface area (Å²) in [6, 6.07) is 15.1. The van der Waals surface area contributed by atoms with Gasteiger partial charge in [0.25, 0.3) is 5.91 Å². The fourth-order valence-corrected chi connectivity index (χ4v) is 9.86. The van der Waals surface area contributed by atoms with Crippen molar-refractivity contribution in [2.45, 2.75) is 94.7 Å². The van der Waals surface area contributed by atoms with Gasteiger partial charge in [0.1, 0.15) is 29.2 Å². The molecule has 2 saturated carbocycles. The minimum absolute atomic E-state index is 0.00845. The summed E-state index contributed by atoms with van der Waals surface area (Å²) in [5.74, 6) is -2.73. The van der Waals surface area contributed by atoms with Gasteiger partial charge in [0, 0.05) is 61.0 Å². The van der Waals surface area contributed by atoms with E-state index < -0.39 is 80.1 Å². The zero-order chi connectivity index (χ0) is 43.9. The molecule has 4 fully saturated rings. The van der Waals surface area contributed by atoms with Crippen LogP contribution in [0.5, 0.6) is 11.5 Å². The molecule has 3 heterocycles. The number of rotatable bonds is 14. The van der Waals surface area contributed by atoms with Gasteiger partial charge >= 0.3 is 6.09 Å². The van der Waals surface area contributed by atoms with Crippen LogP contribution in [0.1, 0.15) is 65.7 Å². The van der Waals surface area contributed by atoms with E-state index in [1.165, 1.54) is 11.0 Å². The summed E-state index contributed by atoms with van der Waals surface area (Å²) in [6.45, 7) is 9.86. The number of hydrogen-bond acceptors (Lipinski definition) is 10. The van der Waals surface area contributed by atoms with Crippen molar-refractivity contribution in [1.82, 2.24) is 30.1 Å². The molecule has 7 rings (SSSR count). The van der Waals surface area contributed by atoms with Crippen LogP contribution in [0, 0.1) is 17.3 Å². The number of methoxy groups -OCH3 is 1. The molecule has 6 atom stereocenters. The van der Waals surface area contributed by atoms with Crippen LogP contribution in [-0.4, -0.2) is 114 Å². The van der Waals surface area contributed by atoms with Gasteiger partial charge in [-0.1, -0.05) is 57.2 Å². The topological polar surface area (TPSA) is 214 Å². The number of benzene rings is 2. The minimum Gasteiger partial charge on any atom is -0.497 e. The van der Waals surface area contributed by atoms with E-state index in [1.807, 2.05) is 63.2 Å². The molecule has 2 saturated heterocycles. The fourth-order valence-electron chi connectivity index (χ4n) is 8.50. The van der Waals surface area contributed by atoms with Gasteiger partial charge in [-0.25, -0.2) is 18.2 Å². The Balaban J connectivity index is 1.20. The van der Waals surface area contributed by atoms with Gasteiger partial charge in [0.05, 0.1) is 36.0 Å².